The van der Waals surface area contributed by atoms with Crippen LogP contribution < -0.4 is 0 Å². The van der Waals surface area contributed by atoms with Crippen molar-refractivity contribution in [2.24, 2.45) is 40.4 Å². The minimum atomic E-state index is -0.254. The molecule has 0 radical (unpaired) electrons. The number of fused-ring (bicyclic) bond motifs is 3. The predicted octanol–water partition coefficient (Wildman–Crippen LogP) is 5.45. The third-order valence-corrected chi connectivity index (χ3v) is 8.45. The summed E-state index contributed by atoms with van der Waals surface area (Å²) in [6.45, 7) is 9.63. The molecule has 3 aliphatic rings. The maximum Gasteiger partial charge on any atom is 0.311 e. The van der Waals surface area contributed by atoms with E-state index in [4.69, 9.17) is 4.74 Å². The van der Waals surface area contributed by atoms with Gasteiger partial charge in [0, 0.05) is 0 Å². The molecule has 3 fully saturated rings. The van der Waals surface area contributed by atoms with Gasteiger partial charge in [0.2, 0.25) is 0 Å². The Morgan fingerprint density at radius 3 is 2.43 bits per heavy atom. The number of rotatable bonds is 1. The van der Waals surface area contributed by atoms with E-state index in [9.17, 15) is 4.79 Å². The lowest BCUT2D eigenvalue weighted by Gasteiger charge is -2.59. The van der Waals surface area contributed by atoms with Crippen LogP contribution in [0.2, 0.25) is 0 Å². The van der Waals surface area contributed by atoms with Gasteiger partial charge in [-0.2, -0.15) is 0 Å². The molecule has 0 aromatic carbocycles. The second-order valence-electron chi connectivity index (χ2n) is 9.53. The van der Waals surface area contributed by atoms with Gasteiger partial charge in [0.1, 0.15) is 0 Å². The first kappa shape index (κ1) is 17.3. The molecule has 0 saturated heterocycles. The molecule has 0 N–H and O–H groups in total. The summed E-state index contributed by atoms with van der Waals surface area (Å²) in [5, 5.41) is 0. The molecule has 0 aromatic rings. The van der Waals surface area contributed by atoms with Gasteiger partial charge in [0.25, 0.3) is 0 Å². The van der Waals surface area contributed by atoms with Crippen molar-refractivity contribution >= 4 is 5.97 Å². The number of esters is 1. The first-order valence-corrected chi connectivity index (χ1v) is 9.91. The van der Waals surface area contributed by atoms with Crippen LogP contribution in [0.4, 0.5) is 0 Å². The Bertz CT molecular complexity index is 459. The van der Waals surface area contributed by atoms with Crippen molar-refractivity contribution < 1.29 is 9.53 Å². The molecule has 7 atom stereocenters. The van der Waals surface area contributed by atoms with Crippen molar-refractivity contribution in [1.82, 2.24) is 0 Å². The smallest absolute Gasteiger partial charge is 0.311 e. The van der Waals surface area contributed by atoms with E-state index in [1.807, 2.05) is 0 Å². The Morgan fingerprint density at radius 1 is 1.00 bits per heavy atom. The zero-order valence-corrected chi connectivity index (χ0v) is 15.9. The van der Waals surface area contributed by atoms with Crippen molar-refractivity contribution in [3.05, 3.63) is 0 Å². The summed E-state index contributed by atoms with van der Waals surface area (Å²) in [5.74, 6) is 3.98. The molecular weight excluding hydrogens is 284 g/mol. The van der Waals surface area contributed by atoms with Gasteiger partial charge in [-0.15, -0.1) is 0 Å². The minimum absolute atomic E-state index is 0.0437. The molecule has 23 heavy (non-hydrogen) atoms. The third kappa shape index (κ3) is 2.65. The highest BCUT2D eigenvalue weighted by atomic mass is 16.5. The van der Waals surface area contributed by atoms with Gasteiger partial charge in [0.05, 0.1) is 12.5 Å². The van der Waals surface area contributed by atoms with E-state index in [2.05, 4.69) is 27.7 Å². The largest absolute Gasteiger partial charge is 0.469 e. The summed E-state index contributed by atoms with van der Waals surface area (Å²) in [4.78, 5) is 12.6. The number of ether oxygens (including phenoxy) is 1. The third-order valence-electron chi connectivity index (χ3n) is 8.45. The zero-order chi connectivity index (χ0) is 16.8. The Morgan fingerprint density at radius 2 is 1.74 bits per heavy atom. The Hall–Kier alpha value is -0.530. The van der Waals surface area contributed by atoms with Gasteiger partial charge < -0.3 is 4.74 Å². The molecule has 132 valence electrons. The first-order chi connectivity index (χ1) is 10.8. The topological polar surface area (TPSA) is 26.3 Å². The van der Waals surface area contributed by atoms with Gasteiger partial charge in [0.15, 0.2) is 0 Å². The monoisotopic (exact) mass is 320 g/mol. The number of hydrogen-bond acceptors (Lipinski definition) is 2. The number of carbonyl (C=O) groups excluding carboxylic acids is 1. The molecule has 3 rings (SSSR count). The highest BCUT2D eigenvalue weighted by molar-refractivity contribution is 5.77. The molecule has 0 bridgehead atoms. The first-order valence-electron chi connectivity index (χ1n) is 9.91. The van der Waals surface area contributed by atoms with E-state index in [-0.39, 0.29) is 11.4 Å². The van der Waals surface area contributed by atoms with Gasteiger partial charge in [-0.3, -0.25) is 4.79 Å². The molecule has 2 heteroatoms. The minimum Gasteiger partial charge on any atom is -0.469 e. The van der Waals surface area contributed by atoms with E-state index in [1.54, 1.807) is 7.11 Å². The molecule has 0 spiro atoms. The number of methoxy groups -OCH3 is 1. The van der Waals surface area contributed by atoms with Crippen LogP contribution in [-0.2, 0) is 9.53 Å². The van der Waals surface area contributed by atoms with Gasteiger partial charge >= 0.3 is 5.97 Å². The van der Waals surface area contributed by atoms with Crippen LogP contribution in [0, 0.1) is 40.4 Å². The molecule has 0 amide bonds. The summed E-state index contributed by atoms with van der Waals surface area (Å²) in [6.07, 6.45) is 10.2. The molecule has 3 saturated carbocycles. The quantitative estimate of drug-likeness (QED) is 0.600. The van der Waals surface area contributed by atoms with Gasteiger partial charge in [-0.25, -0.2) is 0 Å². The van der Waals surface area contributed by atoms with E-state index in [1.165, 1.54) is 44.9 Å². The van der Waals surface area contributed by atoms with Crippen LogP contribution in [0.1, 0.15) is 79.1 Å². The molecule has 7 unspecified atom stereocenters. The molecule has 3 aliphatic carbocycles. The fraction of sp³-hybridized carbons (Fsp3) is 0.952. The highest BCUT2D eigenvalue weighted by Gasteiger charge is 2.59. The second kappa shape index (κ2) is 6.08. The lowest BCUT2D eigenvalue weighted by molar-refractivity contribution is -0.173. The molecule has 0 aromatic heterocycles. The van der Waals surface area contributed by atoms with Crippen molar-refractivity contribution in [2.45, 2.75) is 79.1 Å². The van der Waals surface area contributed by atoms with Crippen LogP contribution in [0.25, 0.3) is 0 Å². The van der Waals surface area contributed by atoms with E-state index < -0.39 is 0 Å². The maximum absolute atomic E-state index is 12.6. The SMILES string of the molecule is COC(=O)C1(C)CCCC2(C)C3CCC(C)C(C)CC3CCC12. The van der Waals surface area contributed by atoms with Crippen molar-refractivity contribution in [2.75, 3.05) is 7.11 Å². The van der Waals surface area contributed by atoms with E-state index >= 15 is 0 Å². The Kier molecular flexibility index (Phi) is 4.57. The number of carbonyl (C=O) groups is 1. The molecular formula is C21H36O2. The fourth-order valence-electron chi connectivity index (χ4n) is 6.89. The summed E-state index contributed by atoms with van der Waals surface area (Å²) in [5.41, 5.74) is 0.0874. The maximum atomic E-state index is 12.6. The summed E-state index contributed by atoms with van der Waals surface area (Å²) in [6, 6.07) is 0. The van der Waals surface area contributed by atoms with Crippen LogP contribution in [0.3, 0.4) is 0 Å². The van der Waals surface area contributed by atoms with E-state index in [0.29, 0.717) is 11.3 Å². The highest BCUT2D eigenvalue weighted by Crippen LogP contribution is 2.64. The standard InChI is InChI=1S/C21H36O2/c1-14-7-9-17-16(13-15(14)2)8-10-18-20(17,3)11-6-12-21(18,4)19(22)23-5/h14-18H,6-13H2,1-5H3. The normalized spacial score (nSPS) is 50.4. The average Bonchev–Trinajstić information content (AvgIpc) is 2.66. The lowest BCUT2D eigenvalue weighted by atomic mass is 9.45. The number of hydrogen-bond donors (Lipinski definition) is 0. The lowest BCUT2D eigenvalue weighted by Crippen LogP contribution is -2.55. The van der Waals surface area contributed by atoms with Crippen LogP contribution in [0.15, 0.2) is 0 Å². The summed E-state index contributed by atoms with van der Waals surface area (Å²) in [7, 11) is 1.57. The Balaban J connectivity index is 1.92. The summed E-state index contributed by atoms with van der Waals surface area (Å²) < 4.78 is 5.24. The second-order valence-corrected chi connectivity index (χ2v) is 9.53. The summed E-state index contributed by atoms with van der Waals surface area (Å²) >= 11 is 0. The van der Waals surface area contributed by atoms with Crippen molar-refractivity contribution in [3.8, 4) is 0 Å². The van der Waals surface area contributed by atoms with Gasteiger partial charge in [-0.05, 0) is 80.5 Å². The molecule has 2 nitrogen and oxygen atoms in total. The van der Waals surface area contributed by atoms with Crippen molar-refractivity contribution in [3.63, 3.8) is 0 Å². The van der Waals surface area contributed by atoms with Crippen LogP contribution in [0.5, 0.6) is 0 Å². The van der Waals surface area contributed by atoms with Gasteiger partial charge in [-0.1, -0.05) is 33.6 Å². The van der Waals surface area contributed by atoms with Crippen LogP contribution >= 0.6 is 0 Å². The molecule has 0 heterocycles. The predicted molar refractivity (Wildman–Crippen MR) is 94.0 cm³/mol. The molecule has 0 aliphatic heterocycles. The average molecular weight is 321 g/mol. The Labute approximate surface area is 142 Å². The zero-order valence-electron chi connectivity index (χ0n) is 15.9. The fourth-order valence-corrected chi connectivity index (χ4v) is 6.89. The van der Waals surface area contributed by atoms with Crippen LogP contribution in [-0.4, -0.2) is 13.1 Å². The van der Waals surface area contributed by atoms with Crippen molar-refractivity contribution in [1.29, 1.82) is 0 Å². The van der Waals surface area contributed by atoms with E-state index in [0.717, 1.165) is 30.1 Å².